The van der Waals surface area contributed by atoms with Gasteiger partial charge in [-0.25, -0.2) is 0 Å². The van der Waals surface area contributed by atoms with Crippen LogP contribution in [0, 0.1) is 10.1 Å². The van der Waals surface area contributed by atoms with Gasteiger partial charge in [0.2, 0.25) is 0 Å². The summed E-state index contributed by atoms with van der Waals surface area (Å²) in [6.45, 7) is 2.72. The van der Waals surface area contributed by atoms with Crippen LogP contribution in [0.5, 0.6) is 11.5 Å². The number of thiocarbonyl (C=S) groups is 1. The van der Waals surface area contributed by atoms with Crippen molar-refractivity contribution in [2.75, 3.05) is 11.9 Å². The van der Waals surface area contributed by atoms with E-state index in [1.165, 1.54) is 12.1 Å². The van der Waals surface area contributed by atoms with Gasteiger partial charge in [0.15, 0.2) is 5.11 Å². The molecule has 2 N–H and O–H groups in total. The fourth-order valence-electron chi connectivity index (χ4n) is 1.71. The Morgan fingerprint density at radius 3 is 2.18 bits per heavy atom. The highest BCUT2D eigenvalue weighted by molar-refractivity contribution is 7.80. The number of nitro groups is 1. The molecule has 2 rings (SSSR count). The summed E-state index contributed by atoms with van der Waals surface area (Å²) in [6, 6.07) is 13.2. The lowest BCUT2D eigenvalue weighted by atomic mass is 10.3. The number of hydrogen-bond donors (Lipinski definition) is 2. The Morgan fingerprint density at radius 1 is 1.14 bits per heavy atom. The summed E-state index contributed by atoms with van der Waals surface area (Å²) in [6.07, 6.45) is 0. The molecule has 0 unspecified atom stereocenters. The van der Waals surface area contributed by atoms with Crippen molar-refractivity contribution >= 4 is 28.7 Å². The lowest BCUT2D eigenvalue weighted by molar-refractivity contribution is -0.384. The van der Waals surface area contributed by atoms with Crippen LogP contribution in [0.2, 0.25) is 0 Å². The Bertz CT molecular complexity index is 657. The Balaban J connectivity index is 1.98. The maximum Gasteiger partial charge on any atom is 0.269 e. The number of hydrogen-bond acceptors (Lipinski definition) is 4. The predicted octanol–water partition coefficient (Wildman–Crippen LogP) is 3.69. The minimum Gasteiger partial charge on any atom is -0.457 e. The average Bonchev–Trinajstić information content (AvgIpc) is 2.50. The van der Waals surface area contributed by atoms with Crippen molar-refractivity contribution in [3.05, 3.63) is 58.6 Å². The van der Waals surface area contributed by atoms with Gasteiger partial charge < -0.3 is 15.4 Å². The quantitative estimate of drug-likeness (QED) is 0.497. The summed E-state index contributed by atoms with van der Waals surface area (Å²) in [5.74, 6) is 1.17. The minimum atomic E-state index is -0.447. The van der Waals surface area contributed by atoms with Crippen LogP contribution >= 0.6 is 12.2 Å². The molecule has 0 aromatic heterocycles. The summed E-state index contributed by atoms with van der Waals surface area (Å²) < 4.78 is 5.62. The molecular weight excluding hydrogens is 302 g/mol. The molecule has 0 aliphatic carbocycles. The molecular formula is C15H15N3O3S. The summed E-state index contributed by atoms with van der Waals surface area (Å²) in [4.78, 5) is 10.1. The number of ether oxygens (including phenoxy) is 1. The van der Waals surface area contributed by atoms with Gasteiger partial charge in [0.25, 0.3) is 5.69 Å². The summed E-state index contributed by atoms with van der Waals surface area (Å²) in [7, 11) is 0. The van der Waals surface area contributed by atoms with Crippen LogP contribution in [0.4, 0.5) is 11.4 Å². The molecule has 0 aliphatic rings. The van der Waals surface area contributed by atoms with Crippen LogP contribution in [0.1, 0.15) is 6.92 Å². The maximum absolute atomic E-state index is 10.6. The second-order valence-electron chi connectivity index (χ2n) is 4.36. The van der Waals surface area contributed by atoms with E-state index in [4.69, 9.17) is 17.0 Å². The number of nitrogens with zero attached hydrogens (tertiary/aromatic N) is 1. The second-order valence-corrected chi connectivity index (χ2v) is 4.77. The Hall–Kier alpha value is -2.67. The molecule has 0 radical (unpaired) electrons. The SMILES string of the molecule is CCNC(=S)Nc1ccc(Oc2ccc([N+](=O)[O-])cc2)cc1. The molecule has 0 bridgehead atoms. The van der Waals surface area contributed by atoms with Crippen LogP contribution in [0.15, 0.2) is 48.5 Å². The van der Waals surface area contributed by atoms with E-state index in [0.29, 0.717) is 16.6 Å². The molecule has 0 heterocycles. The largest absolute Gasteiger partial charge is 0.457 e. The van der Waals surface area contributed by atoms with Crippen LogP contribution < -0.4 is 15.4 Å². The topological polar surface area (TPSA) is 76.4 Å². The van der Waals surface area contributed by atoms with Crippen molar-refractivity contribution in [3.8, 4) is 11.5 Å². The van der Waals surface area contributed by atoms with E-state index in [0.717, 1.165) is 12.2 Å². The van der Waals surface area contributed by atoms with E-state index in [2.05, 4.69) is 10.6 Å². The number of nitro benzene ring substituents is 1. The highest BCUT2D eigenvalue weighted by atomic mass is 32.1. The molecule has 114 valence electrons. The van der Waals surface area contributed by atoms with E-state index in [9.17, 15) is 10.1 Å². The van der Waals surface area contributed by atoms with E-state index in [1.54, 1.807) is 24.3 Å². The van der Waals surface area contributed by atoms with Gasteiger partial charge in [-0.3, -0.25) is 10.1 Å². The molecule has 7 heteroatoms. The fraction of sp³-hybridized carbons (Fsp3) is 0.133. The number of non-ortho nitro benzene ring substituents is 1. The smallest absolute Gasteiger partial charge is 0.269 e. The molecule has 0 amide bonds. The third-order valence-electron chi connectivity index (χ3n) is 2.73. The van der Waals surface area contributed by atoms with Crippen LogP contribution in [0.3, 0.4) is 0 Å². The third kappa shape index (κ3) is 4.42. The van der Waals surface area contributed by atoms with Crippen molar-refractivity contribution < 1.29 is 9.66 Å². The van der Waals surface area contributed by atoms with Crippen LogP contribution in [-0.2, 0) is 0 Å². The predicted molar refractivity (Wildman–Crippen MR) is 89.5 cm³/mol. The van der Waals surface area contributed by atoms with Crippen LogP contribution in [0.25, 0.3) is 0 Å². The fourth-order valence-corrected chi connectivity index (χ4v) is 1.98. The molecule has 2 aromatic rings. The van der Waals surface area contributed by atoms with Gasteiger partial charge in [0, 0.05) is 24.4 Å². The first-order chi connectivity index (χ1) is 10.6. The van der Waals surface area contributed by atoms with Gasteiger partial charge in [-0.1, -0.05) is 0 Å². The standard InChI is InChI=1S/C15H15N3O3S/c1-2-16-15(22)17-11-3-7-13(8-4-11)21-14-9-5-12(6-10-14)18(19)20/h3-10H,2H2,1H3,(H2,16,17,22). The Kier molecular flexibility index (Phi) is 5.26. The normalized spacial score (nSPS) is 9.86. The minimum absolute atomic E-state index is 0.0313. The van der Waals surface area contributed by atoms with Crippen molar-refractivity contribution in [2.45, 2.75) is 6.92 Å². The highest BCUT2D eigenvalue weighted by Crippen LogP contribution is 2.24. The van der Waals surface area contributed by atoms with Gasteiger partial charge in [0.1, 0.15) is 11.5 Å². The maximum atomic E-state index is 10.6. The van der Waals surface area contributed by atoms with Crippen molar-refractivity contribution in [1.29, 1.82) is 0 Å². The summed E-state index contributed by atoms with van der Waals surface area (Å²) in [5.41, 5.74) is 0.880. The summed E-state index contributed by atoms with van der Waals surface area (Å²) in [5, 5.41) is 17.2. The molecule has 0 spiro atoms. The summed E-state index contributed by atoms with van der Waals surface area (Å²) >= 11 is 5.10. The molecule has 6 nitrogen and oxygen atoms in total. The highest BCUT2D eigenvalue weighted by Gasteiger charge is 2.05. The third-order valence-corrected chi connectivity index (χ3v) is 2.98. The van der Waals surface area contributed by atoms with E-state index in [1.807, 2.05) is 19.1 Å². The van der Waals surface area contributed by atoms with Crippen molar-refractivity contribution in [3.63, 3.8) is 0 Å². The van der Waals surface area contributed by atoms with Gasteiger partial charge in [0.05, 0.1) is 4.92 Å². The van der Waals surface area contributed by atoms with Gasteiger partial charge in [-0.15, -0.1) is 0 Å². The van der Waals surface area contributed by atoms with E-state index in [-0.39, 0.29) is 5.69 Å². The van der Waals surface area contributed by atoms with E-state index < -0.39 is 4.92 Å². The van der Waals surface area contributed by atoms with Gasteiger partial charge in [-0.2, -0.15) is 0 Å². The number of rotatable bonds is 5. The molecule has 0 atom stereocenters. The molecule has 0 saturated carbocycles. The first-order valence-electron chi connectivity index (χ1n) is 6.65. The molecule has 0 fully saturated rings. The zero-order valence-electron chi connectivity index (χ0n) is 11.9. The monoisotopic (exact) mass is 317 g/mol. The first kappa shape index (κ1) is 15.7. The van der Waals surface area contributed by atoms with Gasteiger partial charge >= 0.3 is 0 Å². The number of benzene rings is 2. The molecule has 2 aromatic carbocycles. The number of nitrogens with one attached hydrogen (secondary N) is 2. The second kappa shape index (κ2) is 7.37. The van der Waals surface area contributed by atoms with Gasteiger partial charge in [-0.05, 0) is 55.5 Å². The lowest BCUT2D eigenvalue weighted by Gasteiger charge is -2.10. The lowest BCUT2D eigenvalue weighted by Crippen LogP contribution is -2.27. The van der Waals surface area contributed by atoms with Crippen LogP contribution in [-0.4, -0.2) is 16.6 Å². The molecule has 22 heavy (non-hydrogen) atoms. The average molecular weight is 317 g/mol. The zero-order valence-corrected chi connectivity index (χ0v) is 12.7. The van der Waals surface area contributed by atoms with Crippen molar-refractivity contribution in [1.82, 2.24) is 5.32 Å². The van der Waals surface area contributed by atoms with Crippen molar-refractivity contribution in [2.24, 2.45) is 0 Å². The molecule has 0 aliphatic heterocycles. The first-order valence-corrected chi connectivity index (χ1v) is 7.06. The van der Waals surface area contributed by atoms with E-state index >= 15 is 0 Å². The number of anilines is 1. The Labute approximate surface area is 133 Å². The zero-order chi connectivity index (χ0) is 15.9. The molecule has 0 saturated heterocycles. The Morgan fingerprint density at radius 2 is 1.68 bits per heavy atom.